The number of hydrogen-bond donors (Lipinski definition) is 4. The molecular weight excluding hydrogens is 406 g/mol. The van der Waals surface area contributed by atoms with Crippen LogP contribution in [0.25, 0.3) is 0 Å². The third-order valence-corrected chi connectivity index (χ3v) is 4.79. The lowest BCUT2D eigenvalue weighted by Crippen LogP contribution is -2.33. The van der Waals surface area contributed by atoms with Gasteiger partial charge in [-0.25, -0.2) is 13.6 Å². The number of amides is 3. The van der Waals surface area contributed by atoms with E-state index in [4.69, 9.17) is 15.6 Å². The second kappa shape index (κ2) is 10.1. The number of nitrogens with zero attached hydrogens (tertiary/aromatic N) is 1. The van der Waals surface area contributed by atoms with Crippen LogP contribution in [0.2, 0.25) is 0 Å². The zero-order valence-corrected chi connectivity index (χ0v) is 16.7. The fraction of sp³-hybridized carbons (Fsp3) is 0.389. The highest BCUT2D eigenvalue weighted by atomic mass is 32.1. The van der Waals surface area contributed by atoms with E-state index < -0.39 is 23.6 Å². The number of nitrogens with two attached hydrogens (primary N) is 1. The summed E-state index contributed by atoms with van der Waals surface area (Å²) in [5, 5.41) is 14.0. The van der Waals surface area contributed by atoms with Gasteiger partial charge in [-0.1, -0.05) is 26.0 Å². The number of carbonyl (C=O) groups is 2. The summed E-state index contributed by atoms with van der Waals surface area (Å²) < 4.78 is 37.3. The minimum atomic E-state index is -1.03. The maximum atomic E-state index is 14.1. The molecule has 11 heteroatoms. The number of aromatic nitrogens is 1. The van der Waals surface area contributed by atoms with Crippen molar-refractivity contribution in [3.8, 4) is 5.88 Å². The lowest BCUT2D eigenvalue weighted by molar-refractivity contribution is 0.0996. The third kappa shape index (κ3) is 5.61. The highest BCUT2D eigenvalue weighted by Crippen LogP contribution is 2.31. The van der Waals surface area contributed by atoms with E-state index in [0.29, 0.717) is 6.42 Å². The molecule has 8 nitrogen and oxygen atoms in total. The van der Waals surface area contributed by atoms with Crippen LogP contribution in [0.3, 0.4) is 0 Å². The van der Waals surface area contributed by atoms with Crippen molar-refractivity contribution in [2.24, 2.45) is 11.7 Å². The maximum Gasteiger partial charge on any atom is 0.319 e. The Labute approximate surface area is 170 Å². The lowest BCUT2D eigenvalue weighted by Gasteiger charge is -2.11. The number of aryl methyl sites for hydroxylation is 1. The van der Waals surface area contributed by atoms with Gasteiger partial charge in [0.15, 0.2) is 11.6 Å². The number of primary amides is 1. The SMILES string of the molecule is CCc1ccc(COc2nsc(NC(=O)NCC(C)CO)c2C(N)=O)c(F)c1F. The quantitative estimate of drug-likeness (QED) is 0.488. The first-order valence-corrected chi connectivity index (χ1v) is 9.59. The van der Waals surface area contributed by atoms with Gasteiger partial charge in [-0.2, -0.15) is 4.37 Å². The molecule has 158 valence electrons. The van der Waals surface area contributed by atoms with Crippen LogP contribution in [0, 0.1) is 17.6 Å². The monoisotopic (exact) mass is 428 g/mol. The van der Waals surface area contributed by atoms with Crippen LogP contribution >= 0.6 is 11.5 Å². The number of carbonyl (C=O) groups excluding carboxylic acids is 2. The van der Waals surface area contributed by atoms with Gasteiger partial charge >= 0.3 is 6.03 Å². The van der Waals surface area contributed by atoms with Crippen LogP contribution in [0.5, 0.6) is 5.88 Å². The summed E-state index contributed by atoms with van der Waals surface area (Å²) in [5.41, 5.74) is 5.37. The molecule has 1 aromatic carbocycles. The molecular formula is C18H22F2N4O4S. The van der Waals surface area contributed by atoms with Crippen LogP contribution in [0.1, 0.15) is 35.3 Å². The van der Waals surface area contributed by atoms with Gasteiger partial charge in [-0.05, 0) is 29.4 Å². The summed E-state index contributed by atoms with van der Waals surface area (Å²) in [7, 11) is 0. The Morgan fingerprint density at radius 3 is 2.59 bits per heavy atom. The fourth-order valence-electron chi connectivity index (χ4n) is 2.32. The van der Waals surface area contributed by atoms with E-state index in [1.807, 2.05) is 0 Å². The minimum Gasteiger partial charge on any atom is -0.471 e. The van der Waals surface area contributed by atoms with Crippen molar-refractivity contribution in [3.05, 3.63) is 40.5 Å². The zero-order valence-electron chi connectivity index (χ0n) is 15.9. The van der Waals surface area contributed by atoms with E-state index in [9.17, 15) is 18.4 Å². The molecule has 0 spiro atoms. The van der Waals surface area contributed by atoms with E-state index in [1.54, 1.807) is 13.8 Å². The molecule has 5 N–H and O–H groups in total. The number of aliphatic hydroxyl groups is 1. The number of hydrogen-bond acceptors (Lipinski definition) is 6. The van der Waals surface area contributed by atoms with Crippen molar-refractivity contribution in [1.29, 1.82) is 0 Å². The molecule has 29 heavy (non-hydrogen) atoms. The largest absolute Gasteiger partial charge is 0.471 e. The molecule has 2 aromatic rings. The molecule has 0 aliphatic rings. The smallest absolute Gasteiger partial charge is 0.319 e. The van der Waals surface area contributed by atoms with Gasteiger partial charge in [-0.3, -0.25) is 10.1 Å². The standard InChI is InChI=1S/C18H22F2N4O4S/c1-3-10-4-5-11(14(20)13(10)19)8-28-16-12(15(21)26)17(29-24-16)23-18(27)22-6-9(2)7-25/h4-5,9,25H,3,6-8H2,1-2H3,(H2,21,26)(H2,22,23,27). The zero-order chi connectivity index (χ0) is 21.6. The number of urea groups is 1. The first-order chi connectivity index (χ1) is 13.8. The summed E-state index contributed by atoms with van der Waals surface area (Å²) >= 11 is 0.756. The Morgan fingerprint density at radius 2 is 1.97 bits per heavy atom. The second-order valence-corrected chi connectivity index (χ2v) is 7.11. The number of ether oxygens (including phenoxy) is 1. The first kappa shape index (κ1) is 22.5. The average Bonchev–Trinajstić information content (AvgIpc) is 3.09. The summed E-state index contributed by atoms with van der Waals surface area (Å²) in [6, 6.07) is 2.23. The number of aliphatic hydroxyl groups excluding tert-OH is 1. The Kier molecular flexibility index (Phi) is 7.85. The first-order valence-electron chi connectivity index (χ1n) is 8.82. The molecule has 2 rings (SSSR count). The highest BCUT2D eigenvalue weighted by Gasteiger charge is 2.23. The predicted molar refractivity (Wildman–Crippen MR) is 104 cm³/mol. The average molecular weight is 428 g/mol. The van der Waals surface area contributed by atoms with Crippen LogP contribution in [-0.4, -0.2) is 34.6 Å². The number of benzene rings is 1. The number of nitrogens with one attached hydrogen (secondary N) is 2. The normalized spacial score (nSPS) is 11.8. The molecule has 3 amide bonds. The van der Waals surface area contributed by atoms with Crippen molar-refractivity contribution < 1.29 is 28.2 Å². The van der Waals surface area contributed by atoms with Gasteiger partial charge in [0.2, 0.25) is 5.88 Å². The number of anilines is 1. The van der Waals surface area contributed by atoms with Crippen molar-refractivity contribution >= 4 is 28.5 Å². The van der Waals surface area contributed by atoms with Gasteiger partial charge < -0.3 is 20.9 Å². The summed E-state index contributed by atoms with van der Waals surface area (Å²) in [4.78, 5) is 23.7. The Hall–Kier alpha value is -2.79. The molecule has 1 unspecified atom stereocenters. The Morgan fingerprint density at radius 1 is 1.31 bits per heavy atom. The van der Waals surface area contributed by atoms with Crippen LogP contribution in [0.15, 0.2) is 12.1 Å². The molecule has 0 fully saturated rings. The van der Waals surface area contributed by atoms with Gasteiger partial charge in [-0.15, -0.1) is 0 Å². The predicted octanol–water partition coefficient (Wildman–Crippen LogP) is 2.41. The Balaban J connectivity index is 2.12. The van der Waals surface area contributed by atoms with E-state index in [-0.39, 0.29) is 53.2 Å². The molecule has 1 heterocycles. The molecule has 0 saturated heterocycles. The van der Waals surface area contributed by atoms with Gasteiger partial charge in [0, 0.05) is 18.7 Å². The van der Waals surface area contributed by atoms with Gasteiger partial charge in [0.25, 0.3) is 5.91 Å². The van der Waals surface area contributed by atoms with Crippen LogP contribution in [0.4, 0.5) is 18.6 Å². The summed E-state index contributed by atoms with van der Waals surface area (Å²) in [6.45, 7) is 3.19. The maximum absolute atomic E-state index is 14.1. The van der Waals surface area contributed by atoms with E-state index in [0.717, 1.165) is 11.5 Å². The van der Waals surface area contributed by atoms with E-state index >= 15 is 0 Å². The van der Waals surface area contributed by atoms with Gasteiger partial charge in [0.1, 0.15) is 17.2 Å². The highest BCUT2D eigenvalue weighted by molar-refractivity contribution is 7.11. The van der Waals surface area contributed by atoms with Crippen molar-refractivity contribution in [2.45, 2.75) is 26.9 Å². The summed E-state index contributed by atoms with van der Waals surface area (Å²) in [6.07, 6.45) is 0.343. The molecule has 0 radical (unpaired) electrons. The van der Waals surface area contributed by atoms with Crippen LogP contribution in [-0.2, 0) is 13.0 Å². The van der Waals surface area contributed by atoms with Crippen molar-refractivity contribution in [2.75, 3.05) is 18.5 Å². The summed E-state index contributed by atoms with van der Waals surface area (Å²) in [5.74, 6) is -3.22. The molecule has 0 aliphatic carbocycles. The van der Waals surface area contributed by atoms with Gasteiger partial charge in [0.05, 0.1) is 0 Å². The van der Waals surface area contributed by atoms with E-state index in [2.05, 4.69) is 15.0 Å². The third-order valence-electron chi connectivity index (χ3n) is 4.04. The van der Waals surface area contributed by atoms with E-state index in [1.165, 1.54) is 12.1 Å². The molecule has 1 atom stereocenters. The molecule has 0 aliphatic heterocycles. The van der Waals surface area contributed by atoms with Crippen molar-refractivity contribution in [1.82, 2.24) is 9.69 Å². The minimum absolute atomic E-state index is 0.0478. The Bertz CT molecular complexity index is 891. The topological polar surface area (TPSA) is 127 Å². The lowest BCUT2D eigenvalue weighted by atomic mass is 10.1. The molecule has 0 bridgehead atoms. The van der Waals surface area contributed by atoms with Crippen molar-refractivity contribution in [3.63, 3.8) is 0 Å². The van der Waals surface area contributed by atoms with Crippen LogP contribution < -0.4 is 21.1 Å². The molecule has 0 saturated carbocycles. The number of rotatable bonds is 9. The number of halogens is 2. The fourth-order valence-corrected chi connectivity index (χ4v) is 3.05. The molecule has 1 aromatic heterocycles. The second-order valence-electron chi connectivity index (χ2n) is 6.33.